The van der Waals surface area contributed by atoms with Gasteiger partial charge in [-0.3, -0.25) is 0 Å². The molecule has 0 amide bonds. The van der Waals surface area contributed by atoms with Crippen molar-refractivity contribution >= 4 is 32.4 Å². The molecule has 15 heavy (non-hydrogen) atoms. The summed E-state index contributed by atoms with van der Waals surface area (Å²) in [6.07, 6.45) is 4.14. The summed E-state index contributed by atoms with van der Waals surface area (Å²) in [6.45, 7) is 0. The number of rotatable bonds is 1. The van der Waals surface area contributed by atoms with Crippen molar-refractivity contribution in [1.29, 1.82) is 0 Å². The van der Waals surface area contributed by atoms with E-state index in [9.17, 15) is 5.11 Å². The van der Waals surface area contributed by atoms with Gasteiger partial charge in [0.1, 0.15) is 4.60 Å². The highest BCUT2D eigenvalue weighted by atomic mass is 79.9. The molecule has 0 saturated carbocycles. The smallest absolute Gasteiger partial charge is 0.186 e. The molecule has 2 saturated heterocycles. The van der Waals surface area contributed by atoms with Crippen LogP contribution in [0.4, 0.5) is 5.13 Å². The summed E-state index contributed by atoms with van der Waals surface area (Å²) < 4.78 is 0.924. The summed E-state index contributed by atoms with van der Waals surface area (Å²) in [5.74, 6) is 0. The van der Waals surface area contributed by atoms with Crippen LogP contribution in [0, 0.1) is 0 Å². The van der Waals surface area contributed by atoms with E-state index < -0.39 is 0 Å². The minimum absolute atomic E-state index is 0.0952. The first kappa shape index (κ1) is 10.1. The zero-order valence-electron chi connectivity index (χ0n) is 8.27. The molecule has 2 fully saturated rings. The fourth-order valence-corrected chi connectivity index (χ4v) is 4.22. The van der Waals surface area contributed by atoms with Crippen LogP contribution in [0.2, 0.25) is 0 Å². The Balaban J connectivity index is 1.88. The van der Waals surface area contributed by atoms with E-state index >= 15 is 0 Å². The second kappa shape index (κ2) is 3.71. The number of aliphatic hydroxyl groups is 1. The van der Waals surface area contributed by atoms with Crippen LogP contribution in [0.1, 0.15) is 25.7 Å². The SMILES string of the molecule is OC1CC2CCC(C1)N2c1nc(Br)cs1. The normalized spacial score (nSPS) is 34.8. The number of piperidine rings is 1. The van der Waals surface area contributed by atoms with Crippen LogP contribution in [0.3, 0.4) is 0 Å². The lowest BCUT2D eigenvalue weighted by molar-refractivity contribution is 0.126. The van der Waals surface area contributed by atoms with Crippen LogP contribution < -0.4 is 4.90 Å². The molecule has 0 spiro atoms. The van der Waals surface area contributed by atoms with Gasteiger partial charge in [0, 0.05) is 17.5 Å². The third-order valence-electron chi connectivity index (χ3n) is 3.39. The Hall–Kier alpha value is -0.130. The van der Waals surface area contributed by atoms with Gasteiger partial charge in [-0.15, -0.1) is 11.3 Å². The Morgan fingerprint density at radius 3 is 2.60 bits per heavy atom. The number of aromatic nitrogens is 1. The van der Waals surface area contributed by atoms with Gasteiger partial charge in [-0.05, 0) is 41.6 Å². The first-order valence-corrected chi connectivity index (χ1v) is 6.99. The second-order valence-electron chi connectivity index (χ2n) is 4.37. The number of anilines is 1. The standard InChI is InChI=1S/C10H13BrN2OS/c11-9-5-15-10(12-9)13-6-1-2-7(13)4-8(14)3-6/h5-8,14H,1-4H2. The largest absolute Gasteiger partial charge is 0.393 e. The minimum Gasteiger partial charge on any atom is -0.393 e. The van der Waals surface area contributed by atoms with E-state index in [-0.39, 0.29) is 6.10 Å². The van der Waals surface area contributed by atoms with Crippen LogP contribution in [-0.2, 0) is 0 Å². The first-order chi connectivity index (χ1) is 7.24. The molecule has 0 aromatic carbocycles. The molecule has 2 bridgehead atoms. The molecule has 3 heterocycles. The number of hydrogen-bond acceptors (Lipinski definition) is 4. The Labute approximate surface area is 101 Å². The zero-order chi connectivity index (χ0) is 10.4. The van der Waals surface area contributed by atoms with Crippen LogP contribution >= 0.6 is 27.3 Å². The molecule has 2 aliphatic heterocycles. The van der Waals surface area contributed by atoms with Crippen molar-refractivity contribution in [3.05, 3.63) is 9.98 Å². The predicted octanol–water partition coefficient (Wildman–Crippen LogP) is 2.40. The molecule has 2 unspecified atom stereocenters. The molecule has 82 valence electrons. The van der Waals surface area contributed by atoms with Gasteiger partial charge < -0.3 is 10.0 Å². The van der Waals surface area contributed by atoms with E-state index in [2.05, 4.69) is 25.8 Å². The molecule has 3 nitrogen and oxygen atoms in total. The van der Waals surface area contributed by atoms with Crippen LogP contribution in [0.5, 0.6) is 0 Å². The Bertz CT molecular complexity index is 356. The minimum atomic E-state index is -0.0952. The zero-order valence-corrected chi connectivity index (χ0v) is 10.7. The number of fused-ring (bicyclic) bond motifs is 2. The van der Waals surface area contributed by atoms with E-state index in [1.807, 2.05) is 5.38 Å². The molecule has 1 N–H and O–H groups in total. The molecule has 1 aromatic heterocycles. The molecule has 1 aromatic rings. The van der Waals surface area contributed by atoms with Crippen molar-refractivity contribution in [2.75, 3.05) is 4.90 Å². The third kappa shape index (κ3) is 1.70. The summed E-state index contributed by atoms with van der Waals surface area (Å²) in [5.41, 5.74) is 0. The van der Waals surface area contributed by atoms with Crippen molar-refractivity contribution in [2.45, 2.75) is 43.9 Å². The van der Waals surface area contributed by atoms with Crippen molar-refractivity contribution in [1.82, 2.24) is 4.98 Å². The monoisotopic (exact) mass is 288 g/mol. The molecule has 3 rings (SSSR count). The van der Waals surface area contributed by atoms with Crippen molar-refractivity contribution in [3.63, 3.8) is 0 Å². The average Bonchev–Trinajstić information content (AvgIpc) is 2.69. The van der Waals surface area contributed by atoms with Crippen LogP contribution in [0.25, 0.3) is 0 Å². The van der Waals surface area contributed by atoms with E-state index in [1.54, 1.807) is 11.3 Å². The van der Waals surface area contributed by atoms with E-state index in [0.29, 0.717) is 12.1 Å². The van der Waals surface area contributed by atoms with E-state index in [0.717, 1.165) is 22.6 Å². The van der Waals surface area contributed by atoms with Gasteiger partial charge in [-0.25, -0.2) is 4.98 Å². The maximum absolute atomic E-state index is 9.71. The highest BCUT2D eigenvalue weighted by Crippen LogP contribution is 2.40. The van der Waals surface area contributed by atoms with Gasteiger partial charge in [0.15, 0.2) is 5.13 Å². The van der Waals surface area contributed by atoms with Crippen molar-refractivity contribution in [2.24, 2.45) is 0 Å². The number of halogens is 1. The molecule has 0 radical (unpaired) electrons. The van der Waals surface area contributed by atoms with Gasteiger partial charge in [0.05, 0.1) is 6.10 Å². The van der Waals surface area contributed by atoms with Gasteiger partial charge in [0.2, 0.25) is 0 Å². The number of aliphatic hydroxyl groups excluding tert-OH is 1. The summed E-state index contributed by atoms with van der Waals surface area (Å²) in [5, 5.41) is 12.8. The van der Waals surface area contributed by atoms with Gasteiger partial charge in [-0.1, -0.05) is 0 Å². The lowest BCUT2D eigenvalue weighted by Gasteiger charge is -2.36. The van der Waals surface area contributed by atoms with E-state index in [4.69, 9.17) is 0 Å². The first-order valence-electron chi connectivity index (χ1n) is 5.31. The lowest BCUT2D eigenvalue weighted by Crippen LogP contribution is -2.44. The van der Waals surface area contributed by atoms with Crippen LogP contribution in [-0.4, -0.2) is 28.3 Å². The average molecular weight is 289 g/mol. The van der Waals surface area contributed by atoms with Gasteiger partial charge in [0.25, 0.3) is 0 Å². The summed E-state index contributed by atoms with van der Waals surface area (Å²) in [4.78, 5) is 6.90. The molecule has 2 atom stereocenters. The quantitative estimate of drug-likeness (QED) is 0.862. The maximum atomic E-state index is 9.71. The summed E-state index contributed by atoms with van der Waals surface area (Å²) >= 11 is 5.09. The Kier molecular flexibility index (Phi) is 2.49. The molecule has 2 aliphatic rings. The molecule has 0 aliphatic carbocycles. The lowest BCUT2D eigenvalue weighted by atomic mass is 10.0. The maximum Gasteiger partial charge on any atom is 0.186 e. The van der Waals surface area contributed by atoms with Crippen LogP contribution in [0.15, 0.2) is 9.98 Å². The highest BCUT2D eigenvalue weighted by Gasteiger charge is 2.41. The van der Waals surface area contributed by atoms with Gasteiger partial charge in [-0.2, -0.15) is 0 Å². The number of thiazole rings is 1. The number of hydrogen-bond donors (Lipinski definition) is 1. The molecule has 5 heteroatoms. The molecular formula is C10H13BrN2OS. The number of nitrogens with zero attached hydrogens (tertiary/aromatic N) is 2. The van der Waals surface area contributed by atoms with E-state index in [1.165, 1.54) is 12.8 Å². The fraction of sp³-hybridized carbons (Fsp3) is 0.700. The third-order valence-corrected chi connectivity index (χ3v) is 4.96. The molecular weight excluding hydrogens is 276 g/mol. The fourth-order valence-electron chi connectivity index (χ4n) is 2.82. The topological polar surface area (TPSA) is 36.4 Å². The summed E-state index contributed by atoms with van der Waals surface area (Å²) in [6, 6.07) is 1.02. The second-order valence-corrected chi connectivity index (χ2v) is 6.02. The highest BCUT2D eigenvalue weighted by molar-refractivity contribution is 9.10. The van der Waals surface area contributed by atoms with Gasteiger partial charge >= 0.3 is 0 Å². The van der Waals surface area contributed by atoms with Crippen molar-refractivity contribution < 1.29 is 5.11 Å². The Morgan fingerprint density at radius 2 is 2.07 bits per heavy atom. The van der Waals surface area contributed by atoms with Crippen molar-refractivity contribution in [3.8, 4) is 0 Å². The summed E-state index contributed by atoms with van der Waals surface area (Å²) in [7, 11) is 0. The predicted molar refractivity (Wildman–Crippen MR) is 64.3 cm³/mol. The Morgan fingerprint density at radius 1 is 1.40 bits per heavy atom.